The van der Waals surface area contributed by atoms with Gasteiger partial charge in [0.25, 0.3) is 0 Å². The van der Waals surface area contributed by atoms with Crippen LogP contribution in [0, 0.1) is 12.8 Å². The molecule has 1 saturated carbocycles. The molecular formula is C24H24F3N3O. The molecule has 0 aliphatic heterocycles. The van der Waals surface area contributed by atoms with E-state index in [4.69, 9.17) is 0 Å². The number of nitrogens with zero attached hydrogens (tertiary/aromatic N) is 2. The van der Waals surface area contributed by atoms with Crippen molar-refractivity contribution in [1.29, 1.82) is 0 Å². The minimum absolute atomic E-state index is 0.298. The van der Waals surface area contributed by atoms with Gasteiger partial charge in [-0.1, -0.05) is 43.2 Å². The summed E-state index contributed by atoms with van der Waals surface area (Å²) in [5.41, 5.74) is -0.330. The molecule has 0 bridgehead atoms. The lowest BCUT2D eigenvalue weighted by atomic mass is 9.58. The molecule has 0 spiro atoms. The van der Waals surface area contributed by atoms with Crippen LogP contribution < -0.4 is 5.32 Å². The van der Waals surface area contributed by atoms with Gasteiger partial charge < -0.3 is 10.4 Å². The lowest BCUT2D eigenvalue weighted by Gasteiger charge is -2.52. The molecule has 2 aromatic carbocycles. The maximum atomic E-state index is 14.6. The van der Waals surface area contributed by atoms with Crippen molar-refractivity contribution < 1.29 is 18.3 Å². The van der Waals surface area contributed by atoms with Crippen LogP contribution in [0.25, 0.3) is 10.9 Å². The molecule has 1 aromatic heterocycles. The minimum atomic E-state index is -4.78. The van der Waals surface area contributed by atoms with Crippen LogP contribution in [0.4, 0.5) is 18.9 Å². The summed E-state index contributed by atoms with van der Waals surface area (Å²) in [6, 6.07) is 11.2. The lowest BCUT2D eigenvalue weighted by Crippen LogP contribution is -2.61. The van der Waals surface area contributed by atoms with Crippen molar-refractivity contribution in [2.24, 2.45) is 5.92 Å². The highest BCUT2D eigenvalue weighted by atomic mass is 19.4. The van der Waals surface area contributed by atoms with Gasteiger partial charge in [0.2, 0.25) is 0 Å². The van der Waals surface area contributed by atoms with Gasteiger partial charge in [0, 0.05) is 23.2 Å². The Labute approximate surface area is 178 Å². The van der Waals surface area contributed by atoms with Crippen molar-refractivity contribution in [3.63, 3.8) is 0 Å². The summed E-state index contributed by atoms with van der Waals surface area (Å²) >= 11 is 0. The maximum absolute atomic E-state index is 14.6. The molecule has 7 heteroatoms. The second-order valence-corrected chi connectivity index (χ2v) is 8.68. The molecule has 4 atom stereocenters. The first-order valence-corrected chi connectivity index (χ1v) is 10.7. The van der Waals surface area contributed by atoms with Crippen LogP contribution in [0.1, 0.15) is 54.6 Å². The lowest BCUT2D eigenvalue weighted by molar-refractivity contribution is -0.294. The molecule has 1 fully saturated rings. The van der Waals surface area contributed by atoms with E-state index in [0.717, 1.165) is 12.0 Å². The standard InChI is InChI=1S/C24H24F3N3O/c1-14-28-13-18-20(29-14)11-6-12-21(18)30-22-17-9-3-2-7-15(17)16-8-4-5-10-19(16)23(22,31)24(25,26)27/h2-3,6-7,9,11-13,16,19,22,30-31H,4-5,8,10H2,1H3. The Bertz CT molecular complexity index is 1130. The molecular weight excluding hydrogens is 403 g/mol. The normalized spacial score (nSPS) is 28.1. The van der Waals surface area contributed by atoms with Gasteiger partial charge >= 0.3 is 6.18 Å². The minimum Gasteiger partial charge on any atom is -0.378 e. The zero-order valence-corrected chi connectivity index (χ0v) is 17.2. The van der Waals surface area contributed by atoms with Crippen LogP contribution in [-0.2, 0) is 0 Å². The van der Waals surface area contributed by atoms with Gasteiger partial charge in [-0.3, -0.25) is 0 Å². The molecule has 1 heterocycles. The first-order chi connectivity index (χ1) is 14.8. The second kappa shape index (κ2) is 7.19. The van der Waals surface area contributed by atoms with Gasteiger partial charge in [-0.2, -0.15) is 13.2 Å². The van der Waals surface area contributed by atoms with Gasteiger partial charge in [0.05, 0.1) is 11.6 Å². The number of aliphatic hydroxyl groups is 1. The fraction of sp³-hybridized carbons (Fsp3) is 0.417. The van der Waals surface area contributed by atoms with E-state index in [1.165, 1.54) is 0 Å². The molecule has 0 saturated heterocycles. The highest BCUT2D eigenvalue weighted by Gasteiger charge is 2.67. The van der Waals surface area contributed by atoms with Crippen LogP contribution in [0.15, 0.2) is 48.7 Å². The third-order valence-corrected chi connectivity index (χ3v) is 6.98. The molecule has 4 nitrogen and oxygen atoms in total. The summed E-state index contributed by atoms with van der Waals surface area (Å²) in [7, 11) is 0. The largest absolute Gasteiger partial charge is 0.419 e. The van der Waals surface area contributed by atoms with Gasteiger partial charge in [0.1, 0.15) is 5.82 Å². The Kier molecular flexibility index (Phi) is 4.70. The van der Waals surface area contributed by atoms with Crippen molar-refractivity contribution in [3.05, 3.63) is 65.6 Å². The number of hydrogen-bond donors (Lipinski definition) is 2. The Morgan fingerprint density at radius 1 is 1.03 bits per heavy atom. The van der Waals surface area contributed by atoms with Gasteiger partial charge in [-0.05, 0) is 48.9 Å². The van der Waals surface area contributed by atoms with Gasteiger partial charge in [0.15, 0.2) is 5.60 Å². The zero-order chi connectivity index (χ0) is 21.8. The number of rotatable bonds is 2. The zero-order valence-electron chi connectivity index (χ0n) is 17.2. The number of benzene rings is 2. The molecule has 5 rings (SSSR count). The molecule has 2 N–H and O–H groups in total. The summed E-state index contributed by atoms with van der Waals surface area (Å²) in [6.07, 6.45) is -0.586. The molecule has 31 heavy (non-hydrogen) atoms. The average Bonchev–Trinajstić information content (AvgIpc) is 2.75. The Balaban J connectivity index is 1.70. The number of fused-ring (bicyclic) bond motifs is 4. The summed E-state index contributed by atoms with van der Waals surface area (Å²) < 4.78 is 43.8. The van der Waals surface area contributed by atoms with Crippen molar-refractivity contribution >= 4 is 16.6 Å². The maximum Gasteiger partial charge on any atom is 0.419 e. The first kappa shape index (κ1) is 20.2. The summed E-state index contributed by atoms with van der Waals surface area (Å²) in [4.78, 5) is 8.61. The molecule has 2 aliphatic carbocycles. The van der Waals surface area contributed by atoms with Gasteiger partial charge in [-0.25, -0.2) is 9.97 Å². The average molecular weight is 427 g/mol. The van der Waals surface area contributed by atoms with E-state index in [-0.39, 0.29) is 5.92 Å². The van der Waals surface area contributed by atoms with Gasteiger partial charge in [-0.15, -0.1) is 0 Å². The van der Waals surface area contributed by atoms with E-state index in [9.17, 15) is 18.3 Å². The molecule has 0 radical (unpaired) electrons. The van der Waals surface area contributed by atoms with Crippen molar-refractivity contribution in [2.45, 2.75) is 56.3 Å². The second-order valence-electron chi connectivity index (χ2n) is 8.68. The molecule has 2 aliphatic rings. The van der Waals surface area contributed by atoms with Crippen molar-refractivity contribution in [3.8, 4) is 0 Å². The Morgan fingerprint density at radius 3 is 2.55 bits per heavy atom. The van der Waals surface area contributed by atoms with Crippen molar-refractivity contribution in [1.82, 2.24) is 9.97 Å². The van der Waals surface area contributed by atoms with E-state index in [2.05, 4.69) is 15.3 Å². The Hall–Kier alpha value is -2.67. The molecule has 162 valence electrons. The van der Waals surface area contributed by atoms with Crippen LogP contribution >= 0.6 is 0 Å². The highest BCUT2D eigenvalue weighted by molar-refractivity contribution is 5.91. The first-order valence-electron chi connectivity index (χ1n) is 10.7. The fourth-order valence-electron chi connectivity index (χ4n) is 5.58. The quantitative estimate of drug-likeness (QED) is 0.553. The van der Waals surface area contributed by atoms with E-state index >= 15 is 0 Å². The predicted octanol–water partition coefficient (Wildman–Crippen LogP) is 5.67. The smallest absolute Gasteiger partial charge is 0.378 e. The molecule has 4 unspecified atom stereocenters. The van der Waals surface area contributed by atoms with Crippen LogP contribution in [-0.4, -0.2) is 26.9 Å². The van der Waals surface area contributed by atoms with E-state index in [1.54, 1.807) is 43.5 Å². The third kappa shape index (κ3) is 3.09. The number of alkyl halides is 3. The van der Waals surface area contributed by atoms with E-state index in [1.807, 2.05) is 12.1 Å². The number of aromatic nitrogens is 2. The highest BCUT2D eigenvalue weighted by Crippen LogP contribution is 2.59. The number of aryl methyl sites for hydroxylation is 1. The number of nitrogens with one attached hydrogen (secondary N) is 1. The third-order valence-electron chi connectivity index (χ3n) is 6.98. The number of anilines is 1. The monoisotopic (exact) mass is 427 g/mol. The topological polar surface area (TPSA) is 58.0 Å². The van der Waals surface area contributed by atoms with Crippen LogP contribution in [0.3, 0.4) is 0 Å². The molecule has 0 amide bonds. The van der Waals surface area contributed by atoms with Crippen LogP contribution in [0.2, 0.25) is 0 Å². The summed E-state index contributed by atoms with van der Waals surface area (Å²) in [5.74, 6) is -0.597. The fourth-order valence-corrected chi connectivity index (χ4v) is 5.58. The van der Waals surface area contributed by atoms with E-state index < -0.39 is 23.7 Å². The Morgan fingerprint density at radius 2 is 1.77 bits per heavy atom. The number of halogens is 3. The predicted molar refractivity (Wildman–Crippen MR) is 113 cm³/mol. The number of hydrogen-bond acceptors (Lipinski definition) is 4. The molecule has 3 aromatic rings. The summed E-state index contributed by atoms with van der Waals surface area (Å²) in [6.45, 7) is 1.77. The van der Waals surface area contributed by atoms with E-state index in [0.29, 0.717) is 47.2 Å². The summed E-state index contributed by atoms with van der Waals surface area (Å²) in [5, 5.41) is 15.2. The van der Waals surface area contributed by atoms with Crippen molar-refractivity contribution in [2.75, 3.05) is 5.32 Å². The van der Waals surface area contributed by atoms with Crippen LogP contribution in [0.5, 0.6) is 0 Å². The SMILES string of the molecule is Cc1ncc2c(NC3c4ccccc4C4CCCCC4C3(O)C(F)(F)F)cccc2n1.